The molecule has 2 amide bonds. The lowest BCUT2D eigenvalue weighted by Crippen LogP contribution is -2.49. The molecule has 5 heteroatoms. The summed E-state index contributed by atoms with van der Waals surface area (Å²) in [6.07, 6.45) is 8.67. The van der Waals surface area contributed by atoms with Gasteiger partial charge < -0.3 is 14.6 Å². The number of carbonyl (C=O) groups is 2. The van der Waals surface area contributed by atoms with E-state index in [1.807, 2.05) is 39.9 Å². The van der Waals surface area contributed by atoms with Crippen molar-refractivity contribution < 1.29 is 9.59 Å². The topological polar surface area (TPSA) is 53.8 Å². The summed E-state index contributed by atoms with van der Waals surface area (Å²) in [5.74, 6) is -0.169. The zero-order chi connectivity index (χ0) is 16.7. The molecule has 0 unspecified atom stereocenters. The van der Waals surface area contributed by atoms with Crippen molar-refractivity contribution in [1.29, 1.82) is 0 Å². The van der Waals surface area contributed by atoms with Crippen LogP contribution in [0.1, 0.15) is 43.0 Å². The van der Waals surface area contributed by atoms with Gasteiger partial charge in [0.25, 0.3) is 5.91 Å². The van der Waals surface area contributed by atoms with E-state index in [-0.39, 0.29) is 11.8 Å². The van der Waals surface area contributed by atoms with Crippen LogP contribution in [0.15, 0.2) is 36.7 Å². The molecule has 1 aliphatic carbocycles. The van der Waals surface area contributed by atoms with E-state index < -0.39 is 6.04 Å². The number of likely N-dealkylation sites (tertiary alicyclic amines) is 1. The van der Waals surface area contributed by atoms with Gasteiger partial charge in [0.2, 0.25) is 5.91 Å². The van der Waals surface area contributed by atoms with Gasteiger partial charge in [-0.1, -0.05) is 0 Å². The largest absolute Gasteiger partial charge is 0.341 e. The smallest absolute Gasteiger partial charge is 0.252 e. The Balaban J connectivity index is 1.38. The number of fused-ring (bicyclic) bond motifs is 1. The molecule has 2 fully saturated rings. The van der Waals surface area contributed by atoms with Gasteiger partial charge in [0, 0.05) is 36.6 Å². The molecule has 2 aromatic heterocycles. The van der Waals surface area contributed by atoms with Gasteiger partial charge in [-0.3, -0.25) is 9.59 Å². The minimum atomic E-state index is -0.492. The Bertz CT molecular complexity index is 781. The molecule has 4 rings (SSSR count). The second-order valence-electron chi connectivity index (χ2n) is 7.28. The van der Waals surface area contributed by atoms with Gasteiger partial charge in [-0.2, -0.15) is 0 Å². The third-order valence-corrected chi connectivity index (χ3v) is 5.60. The third kappa shape index (κ3) is 2.79. The van der Waals surface area contributed by atoms with Crippen molar-refractivity contribution in [1.82, 2.24) is 14.6 Å². The Morgan fingerprint density at radius 3 is 2.58 bits per heavy atom. The lowest BCUT2D eigenvalue weighted by Gasteiger charge is -2.33. The Kier molecular flexibility index (Phi) is 3.59. The highest BCUT2D eigenvalue weighted by molar-refractivity contribution is 5.98. The molecule has 3 heterocycles. The van der Waals surface area contributed by atoms with Gasteiger partial charge >= 0.3 is 0 Å². The van der Waals surface area contributed by atoms with Crippen molar-refractivity contribution in [3.8, 4) is 0 Å². The first-order valence-corrected chi connectivity index (χ1v) is 8.73. The van der Waals surface area contributed by atoms with Crippen LogP contribution in [-0.2, 0) is 4.79 Å². The van der Waals surface area contributed by atoms with E-state index in [1.54, 1.807) is 13.0 Å². The summed E-state index contributed by atoms with van der Waals surface area (Å²) >= 11 is 0. The zero-order valence-electron chi connectivity index (χ0n) is 14.0. The van der Waals surface area contributed by atoms with Crippen LogP contribution in [0.4, 0.5) is 0 Å². The Morgan fingerprint density at radius 2 is 1.88 bits per heavy atom. The second-order valence-corrected chi connectivity index (χ2v) is 7.28. The van der Waals surface area contributed by atoms with Crippen molar-refractivity contribution >= 4 is 17.3 Å². The van der Waals surface area contributed by atoms with Gasteiger partial charge in [0.1, 0.15) is 6.04 Å². The van der Waals surface area contributed by atoms with Crippen molar-refractivity contribution in [2.24, 2.45) is 5.41 Å². The monoisotopic (exact) mass is 325 g/mol. The molecule has 24 heavy (non-hydrogen) atoms. The molecular formula is C19H23N3O2. The fourth-order valence-corrected chi connectivity index (χ4v) is 3.67. The van der Waals surface area contributed by atoms with Gasteiger partial charge in [-0.15, -0.1) is 0 Å². The summed E-state index contributed by atoms with van der Waals surface area (Å²) in [6, 6.07) is 7.01. The molecule has 2 aliphatic rings. The lowest BCUT2D eigenvalue weighted by molar-refractivity contribution is -0.134. The van der Waals surface area contributed by atoms with Crippen LogP contribution >= 0.6 is 0 Å². The van der Waals surface area contributed by atoms with Crippen molar-refractivity contribution in [3.63, 3.8) is 0 Å². The van der Waals surface area contributed by atoms with E-state index in [2.05, 4.69) is 5.32 Å². The molecule has 0 radical (unpaired) electrons. The number of amides is 2. The number of rotatable bonds is 3. The number of hydrogen-bond donors (Lipinski definition) is 1. The fourth-order valence-electron chi connectivity index (χ4n) is 3.67. The SMILES string of the molecule is C[C@H](NC(=O)c1ccn2cccc2c1)C(=O)N1CCC2(CC1)CC2. The first-order valence-electron chi connectivity index (χ1n) is 8.73. The van der Waals surface area contributed by atoms with Crippen LogP contribution in [0, 0.1) is 5.41 Å². The Morgan fingerprint density at radius 1 is 1.12 bits per heavy atom. The van der Waals surface area contributed by atoms with E-state index in [4.69, 9.17) is 0 Å². The highest BCUT2D eigenvalue weighted by Gasteiger charge is 2.45. The molecule has 1 N–H and O–H groups in total. The van der Waals surface area contributed by atoms with Crippen molar-refractivity contribution in [2.45, 2.75) is 38.6 Å². The van der Waals surface area contributed by atoms with E-state index in [1.165, 1.54) is 12.8 Å². The van der Waals surface area contributed by atoms with Crippen LogP contribution in [0.5, 0.6) is 0 Å². The van der Waals surface area contributed by atoms with Crippen LogP contribution in [0.25, 0.3) is 5.52 Å². The highest BCUT2D eigenvalue weighted by atomic mass is 16.2. The standard InChI is InChI=1S/C19H23N3O2/c1-14(18(24)22-11-7-19(5-6-19)8-12-22)20-17(23)15-4-10-21-9-2-3-16(21)13-15/h2-4,9-10,13-14H,5-8,11-12H2,1H3,(H,20,23)/t14-/m0/s1. The number of hydrogen-bond acceptors (Lipinski definition) is 2. The van der Waals surface area contributed by atoms with Gasteiger partial charge in [-0.05, 0) is 62.3 Å². The summed E-state index contributed by atoms with van der Waals surface area (Å²) in [4.78, 5) is 26.9. The maximum atomic E-state index is 12.6. The fraction of sp³-hybridized carbons (Fsp3) is 0.474. The number of pyridine rings is 1. The average Bonchev–Trinajstić information content (AvgIpc) is 3.18. The summed E-state index contributed by atoms with van der Waals surface area (Å²) in [5, 5.41) is 2.85. The molecule has 1 saturated heterocycles. The van der Waals surface area contributed by atoms with E-state index >= 15 is 0 Å². The number of piperidine rings is 1. The first kappa shape index (κ1) is 15.2. The molecule has 2 aromatic rings. The Hall–Kier alpha value is -2.30. The number of nitrogens with one attached hydrogen (secondary N) is 1. The predicted molar refractivity (Wildman–Crippen MR) is 91.8 cm³/mol. The number of carbonyl (C=O) groups excluding carboxylic acids is 2. The second kappa shape index (κ2) is 5.65. The summed E-state index contributed by atoms with van der Waals surface area (Å²) in [5.41, 5.74) is 2.10. The molecule has 1 saturated carbocycles. The first-order chi connectivity index (χ1) is 11.6. The summed E-state index contributed by atoms with van der Waals surface area (Å²) in [7, 11) is 0. The molecule has 0 aromatic carbocycles. The lowest BCUT2D eigenvalue weighted by atomic mass is 9.93. The van der Waals surface area contributed by atoms with Gasteiger partial charge in [0.15, 0.2) is 0 Å². The van der Waals surface area contributed by atoms with Crippen LogP contribution in [-0.4, -0.2) is 40.2 Å². The van der Waals surface area contributed by atoms with E-state index in [9.17, 15) is 9.59 Å². The van der Waals surface area contributed by atoms with Gasteiger partial charge in [0.05, 0.1) is 0 Å². The molecule has 1 spiro atoms. The zero-order valence-corrected chi connectivity index (χ0v) is 14.0. The van der Waals surface area contributed by atoms with Crippen molar-refractivity contribution in [3.05, 3.63) is 42.2 Å². The molecule has 1 atom stereocenters. The molecule has 126 valence electrons. The molecule has 1 aliphatic heterocycles. The predicted octanol–water partition coefficient (Wildman–Crippen LogP) is 2.46. The van der Waals surface area contributed by atoms with Gasteiger partial charge in [-0.25, -0.2) is 0 Å². The van der Waals surface area contributed by atoms with E-state index in [0.717, 1.165) is 31.4 Å². The maximum Gasteiger partial charge on any atom is 0.252 e. The van der Waals surface area contributed by atoms with Crippen molar-refractivity contribution in [2.75, 3.05) is 13.1 Å². The molecular weight excluding hydrogens is 302 g/mol. The van der Waals surface area contributed by atoms with Crippen LogP contribution in [0.2, 0.25) is 0 Å². The number of nitrogens with zero attached hydrogens (tertiary/aromatic N) is 2. The Labute approximate surface area is 141 Å². The molecule has 0 bridgehead atoms. The highest BCUT2D eigenvalue weighted by Crippen LogP contribution is 2.53. The average molecular weight is 325 g/mol. The normalized spacial score (nSPS) is 20.1. The minimum absolute atomic E-state index is 0.0302. The quantitative estimate of drug-likeness (QED) is 0.942. The minimum Gasteiger partial charge on any atom is -0.341 e. The van der Waals surface area contributed by atoms with E-state index in [0.29, 0.717) is 11.0 Å². The summed E-state index contributed by atoms with van der Waals surface area (Å²) in [6.45, 7) is 3.43. The molecule has 5 nitrogen and oxygen atoms in total. The summed E-state index contributed by atoms with van der Waals surface area (Å²) < 4.78 is 1.95. The maximum absolute atomic E-state index is 12.6. The van der Waals surface area contributed by atoms with Crippen LogP contribution < -0.4 is 5.32 Å². The van der Waals surface area contributed by atoms with Crippen LogP contribution in [0.3, 0.4) is 0 Å². The third-order valence-electron chi connectivity index (χ3n) is 5.60. The number of aromatic nitrogens is 1.